The number of rotatable bonds is 4. The zero-order valence-corrected chi connectivity index (χ0v) is 11.3. The van der Waals surface area contributed by atoms with E-state index in [1.165, 1.54) is 13.2 Å². The molecule has 0 unspecified atom stereocenters. The standard InChI is InChI=1S/C12H16ClNO5/c1-17-9(16)6-8-7-12(18-4-5-19-12)11(10(8)13)14-2-3-15/h6,14-15H,2-5,7H2,1H3/b8-6+. The van der Waals surface area contributed by atoms with Crippen molar-refractivity contribution in [2.45, 2.75) is 12.2 Å². The monoisotopic (exact) mass is 289 g/mol. The van der Waals surface area contributed by atoms with Gasteiger partial charge in [0.25, 0.3) is 0 Å². The summed E-state index contributed by atoms with van der Waals surface area (Å²) in [5, 5.41) is 12.3. The van der Waals surface area contributed by atoms with Crippen molar-refractivity contribution in [2.24, 2.45) is 0 Å². The molecular formula is C12H16ClNO5. The van der Waals surface area contributed by atoms with Crippen LogP contribution in [0.15, 0.2) is 22.4 Å². The summed E-state index contributed by atoms with van der Waals surface area (Å²) in [6.07, 6.45) is 1.66. The van der Waals surface area contributed by atoms with Crippen LogP contribution in [0.2, 0.25) is 0 Å². The van der Waals surface area contributed by atoms with Gasteiger partial charge in [-0.25, -0.2) is 4.79 Å². The van der Waals surface area contributed by atoms with Crippen molar-refractivity contribution in [3.05, 3.63) is 22.4 Å². The van der Waals surface area contributed by atoms with Crippen molar-refractivity contribution in [1.29, 1.82) is 0 Å². The minimum atomic E-state index is -0.966. The maximum Gasteiger partial charge on any atom is 0.330 e. The fourth-order valence-electron chi connectivity index (χ4n) is 2.15. The number of nitrogens with one attached hydrogen (secondary N) is 1. The fraction of sp³-hybridized carbons (Fsp3) is 0.583. The van der Waals surface area contributed by atoms with Crippen LogP contribution < -0.4 is 5.32 Å². The number of methoxy groups -OCH3 is 1. The molecule has 2 N–H and O–H groups in total. The smallest absolute Gasteiger partial charge is 0.330 e. The van der Waals surface area contributed by atoms with Crippen molar-refractivity contribution in [3.8, 4) is 0 Å². The first kappa shape index (κ1) is 14.3. The molecule has 0 bridgehead atoms. The van der Waals surface area contributed by atoms with Crippen LogP contribution >= 0.6 is 11.6 Å². The highest BCUT2D eigenvalue weighted by atomic mass is 35.5. The van der Waals surface area contributed by atoms with E-state index in [2.05, 4.69) is 10.1 Å². The number of allylic oxidation sites excluding steroid dienone is 1. The third-order valence-corrected chi connectivity index (χ3v) is 3.40. The Morgan fingerprint density at radius 2 is 2.26 bits per heavy atom. The molecule has 2 aliphatic rings. The van der Waals surface area contributed by atoms with E-state index in [-0.39, 0.29) is 6.61 Å². The van der Waals surface area contributed by atoms with Gasteiger partial charge < -0.3 is 24.6 Å². The van der Waals surface area contributed by atoms with Crippen LogP contribution in [0.3, 0.4) is 0 Å². The molecule has 0 amide bonds. The van der Waals surface area contributed by atoms with Gasteiger partial charge in [-0.05, 0) is 5.57 Å². The first-order valence-electron chi connectivity index (χ1n) is 5.95. The zero-order chi connectivity index (χ0) is 13.9. The van der Waals surface area contributed by atoms with Gasteiger partial charge in [0.15, 0.2) is 0 Å². The Bertz CT molecular complexity index is 426. The second-order valence-corrected chi connectivity index (χ2v) is 4.54. The van der Waals surface area contributed by atoms with E-state index in [0.717, 1.165) is 0 Å². The van der Waals surface area contributed by atoms with E-state index in [0.29, 0.717) is 42.5 Å². The molecule has 6 nitrogen and oxygen atoms in total. The van der Waals surface area contributed by atoms with E-state index in [1.807, 2.05) is 0 Å². The van der Waals surface area contributed by atoms with Crippen molar-refractivity contribution in [2.75, 3.05) is 33.5 Å². The number of hydrogen-bond donors (Lipinski definition) is 2. The molecule has 19 heavy (non-hydrogen) atoms. The number of hydrogen-bond acceptors (Lipinski definition) is 6. The maximum absolute atomic E-state index is 11.3. The summed E-state index contributed by atoms with van der Waals surface area (Å²) in [7, 11) is 1.30. The van der Waals surface area contributed by atoms with Crippen LogP contribution in [0.25, 0.3) is 0 Å². The van der Waals surface area contributed by atoms with Crippen molar-refractivity contribution >= 4 is 17.6 Å². The van der Waals surface area contributed by atoms with Crippen molar-refractivity contribution in [3.63, 3.8) is 0 Å². The second-order valence-electron chi connectivity index (χ2n) is 4.16. The molecule has 1 spiro atoms. The van der Waals surface area contributed by atoms with E-state index in [4.69, 9.17) is 26.2 Å². The van der Waals surface area contributed by atoms with Gasteiger partial charge in [0, 0.05) is 19.0 Å². The summed E-state index contributed by atoms with van der Waals surface area (Å²) in [5.41, 5.74) is 1.15. The molecule has 0 radical (unpaired) electrons. The Kier molecular flexibility index (Phi) is 4.46. The number of halogens is 1. The number of esters is 1. The van der Waals surface area contributed by atoms with Crippen LogP contribution in [-0.2, 0) is 19.0 Å². The van der Waals surface area contributed by atoms with Crippen LogP contribution in [0.5, 0.6) is 0 Å². The van der Waals surface area contributed by atoms with Crippen molar-refractivity contribution in [1.82, 2.24) is 5.32 Å². The number of carbonyl (C=O) groups is 1. The van der Waals surface area contributed by atoms with Gasteiger partial charge in [-0.15, -0.1) is 0 Å². The third-order valence-electron chi connectivity index (χ3n) is 2.97. The van der Waals surface area contributed by atoms with Crippen LogP contribution in [0.4, 0.5) is 0 Å². The molecule has 1 heterocycles. The molecule has 1 aliphatic carbocycles. The van der Waals surface area contributed by atoms with E-state index >= 15 is 0 Å². The van der Waals surface area contributed by atoms with Gasteiger partial charge >= 0.3 is 5.97 Å². The average molecular weight is 290 g/mol. The van der Waals surface area contributed by atoms with Gasteiger partial charge in [0.2, 0.25) is 5.79 Å². The molecule has 0 saturated carbocycles. The third kappa shape index (κ3) is 2.76. The van der Waals surface area contributed by atoms with E-state index in [1.54, 1.807) is 0 Å². The topological polar surface area (TPSA) is 77.0 Å². The lowest BCUT2D eigenvalue weighted by Crippen LogP contribution is -2.37. The minimum Gasteiger partial charge on any atom is -0.466 e. The molecule has 0 aromatic carbocycles. The molecule has 1 fully saturated rings. The predicted molar refractivity (Wildman–Crippen MR) is 67.3 cm³/mol. The number of aliphatic hydroxyl groups excluding tert-OH is 1. The number of aliphatic hydroxyl groups is 1. The summed E-state index contributed by atoms with van der Waals surface area (Å²) in [6.45, 7) is 1.20. The van der Waals surface area contributed by atoms with Gasteiger partial charge in [0.1, 0.15) is 0 Å². The molecule has 2 rings (SSSR count). The zero-order valence-electron chi connectivity index (χ0n) is 10.6. The summed E-state index contributed by atoms with van der Waals surface area (Å²) in [4.78, 5) is 11.3. The number of carbonyl (C=O) groups excluding carboxylic acids is 1. The molecule has 7 heteroatoms. The lowest BCUT2D eigenvalue weighted by molar-refractivity contribution is -0.135. The molecule has 106 valence electrons. The highest BCUT2D eigenvalue weighted by Crippen LogP contribution is 2.45. The lowest BCUT2D eigenvalue weighted by Gasteiger charge is -2.25. The Morgan fingerprint density at radius 1 is 1.58 bits per heavy atom. The second kappa shape index (κ2) is 5.92. The number of ether oxygens (including phenoxy) is 3. The molecule has 1 aliphatic heterocycles. The Labute approximate surface area is 116 Å². The summed E-state index contributed by atoms with van der Waals surface area (Å²) < 4.78 is 15.8. The van der Waals surface area contributed by atoms with Gasteiger partial charge in [0.05, 0.1) is 37.7 Å². The minimum absolute atomic E-state index is 0.0419. The SMILES string of the molecule is COC(=O)/C=C1\CC2(OCCO2)C(NCCO)=C1Cl. The first-order valence-corrected chi connectivity index (χ1v) is 6.32. The Morgan fingerprint density at radius 3 is 2.84 bits per heavy atom. The summed E-state index contributed by atoms with van der Waals surface area (Å²) in [5.74, 6) is -1.45. The Hall–Kier alpha value is -1.08. The van der Waals surface area contributed by atoms with Gasteiger partial charge in [-0.1, -0.05) is 11.6 Å². The molecule has 0 atom stereocenters. The molecule has 1 saturated heterocycles. The quantitative estimate of drug-likeness (QED) is 0.571. The van der Waals surface area contributed by atoms with Gasteiger partial charge in [-0.2, -0.15) is 0 Å². The average Bonchev–Trinajstić information content (AvgIpc) is 2.96. The van der Waals surface area contributed by atoms with Crippen LogP contribution in [0, 0.1) is 0 Å². The summed E-state index contributed by atoms with van der Waals surface area (Å²) in [6, 6.07) is 0. The lowest BCUT2D eigenvalue weighted by atomic mass is 10.1. The van der Waals surface area contributed by atoms with Gasteiger partial charge in [-0.3, -0.25) is 0 Å². The highest BCUT2D eigenvalue weighted by molar-refractivity contribution is 6.33. The molecule has 0 aromatic rings. The maximum atomic E-state index is 11.3. The fourth-order valence-corrected chi connectivity index (χ4v) is 2.49. The van der Waals surface area contributed by atoms with Crippen LogP contribution in [-0.4, -0.2) is 50.3 Å². The molecular weight excluding hydrogens is 274 g/mol. The van der Waals surface area contributed by atoms with Crippen molar-refractivity contribution < 1.29 is 24.1 Å². The summed E-state index contributed by atoms with van der Waals surface area (Å²) >= 11 is 6.25. The van der Waals surface area contributed by atoms with E-state index in [9.17, 15) is 4.79 Å². The molecule has 0 aromatic heterocycles. The predicted octanol–water partition coefficient (Wildman–Crippen LogP) is 0.265. The van der Waals surface area contributed by atoms with E-state index < -0.39 is 11.8 Å². The van der Waals surface area contributed by atoms with Crippen LogP contribution in [0.1, 0.15) is 6.42 Å². The first-order chi connectivity index (χ1) is 9.13. The highest BCUT2D eigenvalue weighted by Gasteiger charge is 2.48. The largest absolute Gasteiger partial charge is 0.466 e. The normalized spacial score (nSPS) is 23.4. The Balaban J connectivity index is 2.29.